The number of carbonyl (C=O) groups excluding carboxylic acids is 1. The largest absolute Gasteiger partial charge is 0.372 e. The van der Waals surface area contributed by atoms with Gasteiger partial charge in [0.15, 0.2) is 11.5 Å². The summed E-state index contributed by atoms with van der Waals surface area (Å²) in [5, 5.41) is 11.6. The third kappa shape index (κ3) is 4.37. The molecule has 1 fully saturated rings. The van der Waals surface area contributed by atoms with Crippen LogP contribution >= 0.6 is 0 Å². The highest BCUT2D eigenvalue weighted by atomic mass is 16.2. The lowest BCUT2D eigenvalue weighted by molar-refractivity contribution is 0.0982. The number of aromatic nitrogens is 2. The smallest absolute Gasteiger partial charge is 0.278 e. The molecule has 0 radical (unpaired) electrons. The molecule has 3 aromatic rings. The maximum atomic E-state index is 12.8. The van der Waals surface area contributed by atoms with Gasteiger partial charge in [0.25, 0.3) is 5.91 Å². The van der Waals surface area contributed by atoms with Crippen LogP contribution in [0, 0.1) is 0 Å². The summed E-state index contributed by atoms with van der Waals surface area (Å²) in [5.74, 6) is 0.450. The average molecular weight is 387 g/mol. The highest BCUT2D eigenvalue weighted by molar-refractivity contribution is 6.04. The predicted molar refractivity (Wildman–Crippen MR) is 117 cm³/mol. The van der Waals surface area contributed by atoms with Crippen molar-refractivity contribution < 1.29 is 4.79 Å². The molecule has 0 unspecified atom stereocenters. The van der Waals surface area contributed by atoms with Crippen molar-refractivity contribution >= 4 is 28.8 Å². The van der Waals surface area contributed by atoms with Gasteiger partial charge in [-0.15, -0.1) is 10.2 Å². The molecule has 1 amide bonds. The molecule has 1 saturated heterocycles. The highest BCUT2D eigenvalue weighted by Crippen LogP contribution is 2.23. The topological polar surface area (TPSA) is 61.4 Å². The summed E-state index contributed by atoms with van der Waals surface area (Å²) in [4.78, 5) is 16.9. The third-order valence-corrected chi connectivity index (χ3v) is 5.12. The highest BCUT2D eigenvalue weighted by Gasteiger charge is 2.18. The number of anilines is 4. The first-order valence-corrected chi connectivity index (χ1v) is 10.1. The molecule has 1 aromatic heterocycles. The van der Waals surface area contributed by atoms with Gasteiger partial charge in [-0.1, -0.05) is 18.2 Å². The van der Waals surface area contributed by atoms with Gasteiger partial charge in [-0.05, 0) is 68.3 Å². The van der Waals surface area contributed by atoms with Crippen LogP contribution in [0.15, 0.2) is 66.7 Å². The Bertz CT molecular complexity index is 935. The maximum absolute atomic E-state index is 12.8. The average Bonchev–Trinajstić information content (AvgIpc) is 3.31. The van der Waals surface area contributed by atoms with Crippen molar-refractivity contribution in [3.05, 3.63) is 72.4 Å². The van der Waals surface area contributed by atoms with Crippen molar-refractivity contribution in [2.75, 3.05) is 34.8 Å². The van der Waals surface area contributed by atoms with E-state index in [4.69, 9.17) is 0 Å². The number of nitrogens with one attached hydrogen (secondary N) is 1. The van der Waals surface area contributed by atoms with Crippen LogP contribution in [-0.4, -0.2) is 35.7 Å². The van der Waals surface area contributed by atoms with E-state index < -0.39 is 0 Å². The number of nitrogens with zero attached hydrogens (tertiary/aromatic N) is 4. The Morgan fingerprint density at radius 2 is 1.69 bits per heavy atom. The van der Waals surface area contributed by atoms with Crippen LogP contribution in [0.5, 0.6) is 0 Å². The minimum Gasteiger partial charge on any atom is -0.372 e. The fourth-order valence-corrected chi connectivity index (χ4v) is 3.58. The van der Waals surface area contributed by atoms with E-state index in [0.29, 0.717) is 18.1 Å². The first-order valence-electron chi connectivity index (χ1n) is 10.1. The molecule has 4 rings (SSSR count). The minimum atomic E-state index is -0.160. The molecule has 6 heteroatoms. The van der Waals surface area contributed by atoms with Gasteiger partial charge in [0.2, 0.25) is 0 Å². The molecule has 0 aliphatic carbocycles. The van der Waals surface area contributed by atoms with Gasteiger partial charge >= 0.3 is 0 Å². The van der Waals surface area contributed by atoms with Gasteiger partial charge < -0.3 is 15.1 Å². The second kappa shape index (κ2) is 8.73. The zero-order valence-corrected chi connectivity index (χ0v) is 16.6. The fourth-order valence-electron chi connectivity index (χ4n) is 3.58. The zero-order chi connectivity index (χ0) is 20.1. The van der Waals surface area contributed by atoms with Gasteiger partial charge in [0.1, 0.15) is 0 Å². The third-order valence-electron chi connectivity index (χ3n) is 5.12. The van der Waals surface area contributed by atoms with E-state index in [9.17, 15) is 4.79 Å². The van der Waals surface area contributed by atoms with E-state index in [1.54, 1.807) is 17.0 Å². The number of rotatable bonds is 6. The Morgan fingerprint density at radius 3 is 2.31 bits per heavy atom. The second-order valence-electron chi connectivity index (χ2n) is 7.05. The fraction of sp³-hybridized carbons (Fsp3) is 0.261. The Hall–Kier alpha value is -3.41. The standard InChI is InChI=1S/C23H25N5O/c1-2-28(20-8-4-3-5-9-20)23(29)21-14-15-22(26-25-21)24-18-10-12-19(13-11-18)27-16-6-7-17-27/h3-5,8-15H,2,6-7,16-17H2,1H3,(H,24,26). The number of benzene rings is 2. The summed E-state index contributed by atoms with van der Waals surface area (Å²) in [7, 11) is 0. The molecule has 1 N–H and O–H groups in total. The van der Waals surface area contributed by atoms with Crippen LogP contribution in [0.4, 0.5) is 22.9 Å². The number of para-hydroxylation sites is 1. The van der Waals surface area contributed by atoms with Crippen molar-refractivity contribution in [1.82, 2.24) is 10.2 Å². The molecule has 2 heterocycles. The SMILES string of the molecule is CCN(C(=O)c1ccc(Nc2ccc(N3CCCC3)cc2)nn1)c1ccccc1. The molecule has 29 heavy (non-hydrogen) atoms. The van der Waals surface area contributed by atoms with Crippen molar-refractivity contribution in [2.45, 2.75) is 19.8 Å². The number of amides is 1. The van der Waals surface area contributed by atoms with Crippen LogP contribution in [0.3, 0.4) is 0 Å². The maximum Gasteiger partial charge on any atom is 0.278 e. The van der Waals surface area contributed by atoms with E-state index in [-0.39, 0.29) is 5.91 Å². The summed E-state index contributed by atoms with van der Waals surface area (Å²) in [5.41, 5.74) is 3.37. The number of carbonyl (C=O) groups is 1. The van der Waals surface area contributed by atoms with E-state index in [1.807, 2.05) is 49.4 Å². The lowest BCUT2D eigenvalue weighted by Crippen LogP contribution is -2.31. The quantitative estimate of drug-likeness (QED) is 0.675. The van der Waals surface area contributed by atoms with Crippen LogP contribution in [0.2, 0.25) is 0 Å². The van der Waals surface area contributed by atoms with Crippen LogP contribution in [0.25, 0.3) is 0 Å². The number of hydrogen-bond donors (Lipinski definition) is 1. The molecule has 6 nitrogen and oxygen atoms in total. The molecule has 1 aliphatic rings. The Balaban J connectivity index is 1.43. The summed E-state index contributed by atoms with van der Waals surface area (Å²) in [6, 6.07) is 21.4. The summed E-state index contributed by atoms with van der Waals surface area (Å²) in [6.45, 7) is 4.77. The molecule has 0 saturated carbocycles. The first kappa shape index (κ1) is 18.9. The molecule has 2 aromatic carbocycles. The number of hydrogen-bond acceptors (Lipinski definition) is 5. The minimum absolute atomic E-state index is 0.160. The second-order valence-corrected chi connectivity index (χ2v) is 7.05. The molecule has 0 bridgehead atoms. The van der Waals surface area contributed by atoms with Crippen molar-refractivity contribution in [1.29, 1.82) is 0 Å². The van der Waals surface area contributed by atoms with Gasteiger partial charge in [0, 0.05) is 36.7 Å². The lowest BCUT2D eigenvalue weighted by atomic mass is 10.2. The van der Waals surface area contributed by atoms with Gasteiger partial charge in [-0.25, -0.2) is 0 Å². The lowest BCUT2D eigenvalue weighted by Gasteiger charge is -2.20. The molecular weight excluding hydrogens is 362 g/mol. The van der Waals surface area contributed by atoms with E-state index in [2.05, 4.69) is 32.5 Å². The zero-order valence-electron chi connectivity index (χ0n) is 16.6. The normalized spacial score (nSPS) is 13.3. The predicted octanol–water partition coefficient (Wildman–Crippen LogP) is 4.49. The first-order chi connectivity index (χ1) is 14.2. The van der Waals surface area contributed by atoms with E-state index in [1.165, 1.54) is 18.5 Å². The summed E-state index contributed by atoms with van der Waals surface area (Å²) >= 11 is 0. The van der Waals surface area contributed by atoms with Gasteiger partial charge in [-0.2, -0.15) is 0 Å². The van der Waals surface area contributed by atoms with Crippen LogP contribution in [-0.2, 0) is 0 Å². The summed E-state index contributed by atoms with van der Waals surface area (Å²) in [6.07, 6.45) is 2.53. The molecular formula is C23H25N5O. The monoisotopic (exact) mass is 387 g/mol. The van der Waals surface area contributed by atoms with Crippen LogP contribution in [0.1, 0.15) is 30.3 Å². The summed E-state index contributed by atoms with van der Waals surface area (Å²) < 4.78 is 0. The van der Waals surface area contributed by atoms with E-state index >= 15 is 0 Å². The Kier molecular flexibility index (Phi) is 5.70. The van der Waals surface area contributed by atoms with Crippen LogP contribution < -0.4 is 15.1 Å². The Labute approximate surface area is 171 Å². The molecule has 0 atom stereocenters. The van der Waals surface area contributed by atoms with Crippen molar-refractivity contribution in [3.8, 4) is 0 Å². The molecule has 1 aliphatic heterocycles. The van der Waals surface area contributed by atoms with Gasteiger partial charge in [0.05, 0.1) is 0 Å². The molecule has 148 valence electrons. The van der Waals surface area contributed by atoms with Crippen molar-refractivity contribution in [3.63, 3.8) is 0 Å². The van der Waals surface area contributed by atoms with Crippen molar-refractivity contribution in [2.24, 2.45) is 0 Å². The van der Waals surface area contributed by atoms with E-state index in [0.717, 1.165) is 24.5 Å². The Morgan fingerprint density at radius 1 is 0.966 bits per heavy atom. The van der Waals surface area contributed by atoms with Gasteiger partial charge in [-0.3, -0.25) is 4.79 Å². The molecule has 0 spiro atoms.